The zero-order valence-corrected chi connectivity index (χ0v) is 11.0. The summed E-state index contributed by atoms with van der Waals surface area (Å²) in [6.45, 7) is 0.556. The molecule has 0 amide bonds. The minimum absolute atomic E-state index is 0.556. The molecule has 3 nitrogen and oxygen atoms in total. The highest BCUT2D eigenvalue weighted by Gasteiger charge is 2.16. The van der Waals surface area contributed by atoms with Gasteiger partial charge >= 0.3 is 0 Å². The first-order valence-corrected chi connectivity index (χ1v) is 6.53. The summed E-state index contributed by atoms with van der Waals surface area (Å²) in [6.07, 6.45) is 4.23. The lowest BCUT2D eigenvalue weighted by atomic mass is 10.1. The molecular weight excluding hydrogens is 250 g/mol. The van der Waals surface area contributed by atoms with Crippen molar-refractivity contribution < 1.29 is 9.94 Å². The second-order valence-corrected chi connectivity index (χ2v) is 4.74. The summed E-state index contributed by atoms with van der Waals surface area (Å²) in [5.41, 5.74) is 4.41. The Bertz CT molecular complexity index is 660. The van der Waals surface area contributed by atoms with Gasteiger partial charge < -0.3 is 9.94 Å². The maximum atomic E-state index is 8.62. The van der Waals surface area contributed by atoms with Crippen molar-refractivity contribution in [2.45, 2.75) is 13.0 Å². The molecule has 0 unspecified atom stereocenters. The minimum Gasteiger partial charge on any atom is -0.489 e. The Hall–Kier alpha value is -2.55. The molecule has 20 heavy (non-hydrogen) atoms. The molecule has 2 aromatic rings. The fraction of sp³-hybridized carbons (Fsp3) is 0.118. The summed E-state index contributed by atoms with van der Waals surface area (Å²) >= 11 is 0. The molecule has 0 fully saturated rings. The third kappa shape index (κ3) is 2.57. The number of fused-ring (bicyclic) bond motifs is 1. The summed E-state index contributed by atoms with van der Waals surface area (Å²) in [5.74, 6) is 0.893. The van der Waals surface area contributed by atoms with Crippen LogP contribution in [0.15, 0.2) is 59.3 Å². The lowest BCUT2D eigenvalue weighted by Gasteiger charge is -2.11. The third-order valence-corrected chi connectivity index (χ3v) is 3.35. The van der Waals surface area contributed by atoms with Gasteiger partial charge in [-0.25, -0.2) is 0 Å². The van der Waals surface area contributed by atoms with Gasteiger partial charge in [-0.1, -0.05) is 47.6 Å². The molecule has 3 rings (SSSR count). The van der Waals surface area contributed by atoms with E-state index < -0.39 is 0 Å². The first kappa shape index (κ1) is 12.5. The molecule has 0 saturated heterocycles. The van der Waals surface area contributed by atoms with Gasteiger partial charge in [0.1, 0.15) is 12.4 Å². The number of hydrogen-bond acceptors (Lipinski definition) is 3. The van der Waals surface area contributed by atoms with Crippen molar-refractivity contribution in [2.24, 2.45) is 5.16 Å². The molecule has 100 valence electrons. The number of oxime groups is 1. The van der Waals surface area contributed by atoms with Crippen molar-refractivity contribution in [3.05, 3.63) is 70.8 Å². The Morgan fingerprint density at radius 1 is 1.10 bits per heavy atom. The average Bonchev–Trinajstić information content (AvgIpc) is 2.89. The molecule has 3 heteroatoms. The van der Waals surface area contributed by atoms with Gasteiger partial charge in [0.05, 0.1) is 6.21 Å². The number of nitrogens with zero attached hydrogens (tertiary/aromatic N) is 1. The number of benzene rings is 2. The fourth-order valence-electron chi connectivity index (χ4n) is 2.39. The van der Waals surface area contributed by atoms with E-state index >= 15 is 0 Å². The molecule has 1 aliphatic rings. The first-order chi connectivity index (χ1) is 9.86. The molecule has 0 spiro atoms. The largest absolute Gasteiger partial charge is 0.489 e. The Kier molecular flexibility index (Phi) is 3.50. The molecule has 0 bridgehead atoms. The van der Waals surface area contributed by atoms with Gasteiger partial charge in [0.15, 0.2) is 0 Å². The van der Waals surface area contributed by atoms with Crippen LogP contribution in [0.5, 0.6) is 5.75 Å². The smallest absolute Gasteiger partial charge is 0.123 e. The first-order valence-electron chi connectivity index (χ1n) is 6.53. The maximum Gasteiger partial charge on any atom is 0.123 e. The van der Waals surface area contributed by atoms with Crippen LogP contribution in [0.25, 0.3) is 6.08 Å². The fourth-order valence-corrected chi connectivity index (χ4v) is 2.39. The Labute approximate surface area is 117 Å². The normalized spacial score (nSPS) is 13.3. The van der Waals surface area contributed by atoms with Crippen molar-refractivity contribution in [1.82, 2.24) is 0 Å². The van der Waals surface area contributed by atoms with E-state index in [2.05, 4.69) is 5.16 Å². The number of allylic oxidation sites excluding steroid dienone is 1. The summed E-state index contributed by atoms with van der Waals surface area (Å²) in [6, 6.07) is 16.1. The number of rotatable bonds is 4. The van der Waals surface area contributed by atoms with Gasteiger partial charge in [-0.15, -0.1) is 0 Å². The standard InChI is InChI=1S/C17H15NO2/c19-18-11-14-9-15-7-4-8-17(16(15)10-14)20-12-13-5-2-1-3-6-13/h1-9,11,19H,10,12H2. The van der Waals surface area contributed by atoms with E-state index in [1.165, 1.54) is 6.21 Å². The van der Waals surface area contributed by atoms with Gasteiger partial charge in [0.2, 0.25) is 0 Å². The van der Waals surface area contributed by atoms with Crippen LogP contribution in [0.3, 0.4) is 0 Å². The molecule has 1 aliphatic carbocycles. The molecule has 0 aliphatic heterocycles. The lowest BCUT2D eigenvalue weighted by Crippen LogP contribution is -1.99. The van der Waals surface area contributed by atoms with Crippen LogP contribution in [0.1, 0.15) is 16.7 Å². The Balaban J connectivity index is 1.76. The van der Waals surface area contributed by atoms with Gasteiger partial charge in [0, 0.05) is 12.0 Å². The van der Waals surface area contributed by atoms with Crippen molar-refractivity contribution in [3.8, 4) is 5.75 Å². The van der Waals surface area contributed by atoms with Crippen LogP contribution in [0.4, 0.5) is 0 Å². The second-order valence-electron chi connectivity index (χ2n) is 4.74. The van der Waals surface area contributed by atoms with E-state index in [4.69, 9.17) is 9.94 Å². The predicted molar refractivity (Wildman–Crippen MR) is 79.2 cm³/mol. The summed E-state index contributed by atoms with van der Waals surface area (Å²) in [7, 11) is 0. The molecule has 0 atom stereocenters. The van der Waals surface area contributed by atoms with Crippen molar-refractivity contribution in [2.75, 3.05) is 0 Å². The van der Waals surface area contributed by atoms with E-state index in [0.717, 1.165) is 34.4 Å². The highest BCUT2D eigenvalue weighted by molar-refractivity contribution is 5.89. The van der Waals surface area contributed by atoms with Crippen LogP contribution >= 0.6 is 0 Å². The zero-order valence-electron chi connectivity index (χ0n) is 11.0. The average molecular weight is 265 g/mol. The molecule has 0 radical (unpaired) electrons. The summed E-state index contributed by atoms with van der Waals surface area (Å²) in [5, 5.41) is 11.7. The summed E-state index contributed by atoms with van der Waals surface area (Å²) in [4.78, 5) is 0. The number of hydrogen-bond donors (Lipinski definition) is 1. The maximum absolute atomic E-state index is 8.62. The van der Waals surface area contributed by atoms with Crippen molar-refractivity contribution in [3.63, 3.8) is 0 Å². The third-order valence-electron chi connectivity index (χ3n) is 3.35. The van der Waals surface area contributed by atoms with Crippen LogP contribution in [0, 0.1) is 0 Å². The molecule has 0 aromatic heterocycles. The molecule has 2 aromatic carbocycles. The van der Waals surface area contributed by atoms with Crippen LogP contribution in [-0.2, 0) is 13.0 Å². The monoisotopic (exact) mass is 265 g/mol. The SMILES string of the molecule is ON=CC1=Cc2cccc(OCc3ccccc3)c2C1. The molecular formula is C17H15NO2. The highest BCUT2D eigenvalue weighted by Crippen LogP contribution is 2.32. The predicted octanol–water partition coefficient (Wildman–Crippen LogP) is 3.67. The van der Waals surface area contributed by atoms with Crippen LogP contribution in [-0.4, -0.2) is 11.4 Å². The van der Waals surface area contributed by atoms with E-state index in [1.807, 2.05) is 54.6 Å². The van der Waals surface area contributed by atoms with Crippen molar-refractivity contribution in [1.29, 1.82) is 0 Å². The van der Waals surface area contributed by atoms with E-state index in [-0.39, 0.29) is 0 Å². The number of ether oxygens (including phenoxy) is 1. The van der Waals surface area contributed by atoms with Gasteiger partial charge in [-0.05, 0) is 28.8 Å². The van der Waals surface area contributed by atoms with E-state index in [9.17, 15) is 0 Å². The van der Waals surface area contributed by atoms with Gasteiger partial charge in [-0.2, -0.15) is 0 Å². The van der Waals surface area contributed by atoms with Gasteiger partial charge in [0.25, 0.3) is 0 Å². The minimum atomic E-state index is 0.556. The highest BCUT2D eigenvalue weighted by atomic mass is 16.5. The molecule has 0 saturated carbocycles. The summed E-state index contributed by atoms with van der Waals surface area (Å²) < 4.78 is 5.92. The molecule has 1 N–H and O–H groups in total. The van der Waals surface area contributed by atoms with Crippen LogP contribution < -0.4 is 4.74 Å². The lowest BCUT2D eigenvalue weighted by molar-refractivity contribution is 0.303. The zero-order chi connectivity index (χ0) is 13.8. The second kappa shape index (κ2) is 5.61. The van der Waals surface area contributed by atoms with E-state index in [1.54, 1.807) is 0 Å². The quantitative estimate of drug-likeness (QED) is 0.520. The topological polar surface area (TPSA) is 41.8 Å². The van der Waals surface area contributed by atoms with Crippen LogP contribution in [0.2, 0.25) is 0 Å². The van der Waals surface area contributed by atoms with Gasteiger partial charge in [-0.3, -0.25) is 0 Å². The Morgan fingerprint density at radius 3 is 2.75 bits per heavy atom. The van der Waals surface area contributed by atoms with E-state index in [0.29, 0.717) is 6.61 Å². The molecule has 0 heterocycles. The van der Waals surface area contributed by atoms with Crippen molar-refractivity contribution >= 4 is 12.3 Å². The Morgan fingerprint density at radius 2 is 1.95 bits per heavy atom.